The van der Waals surface area contributed by atoms with Crippen LogP contribution in [0.15, 0.2) is 64.5 Å². The van der Waals surface area contributed by atoms with Gasteiger partial charge in [-0.3, -0.25) is 14.0 Å². The Morgan fingerprint density at radius 3 is 2.59 bits per heavy atom. The number of halogens is 1. The van der Waals surface area contributed by atoms with Gasteiger partial charge in [-0.05, 0) is 69.7 Å². The topological polar surface area (TPSA) is 104 Å². The fourth-order valence-electron chi connectivity index (χ4n) is 3.86. The summed E-state index contributed by atoms with van der Waals surface area (Å²) in [5, 5.41) is 0.681. The van der Waals surface area contributed by atoms with Crippen LogP contribution in [0.3, 0.4) is 0 Å². The van der Waals surface area contributed by atoms with E-state index in [1.165, 1.54) is 10.5 Å². The smallest absolute Gasteiger partial charge is 0.341 e. The van der Waals surface area contributed by atoms with Crippen molar-refractivity contribution in [3.63, 3.8) is 0 Å². The first-order chi connectivity index (χ1) is 17.8. The molecular weight excluding hydrogens is 496 g/mol. The van der Waals surface area contributed by atoms with Crippen molar-refractivity contribution in [2.24, 2.45) is 4.99 Å². The predicted octanol–water partition coefficient (Wildman–Crippen LogP) is 4.04. The average Bonchev–Trinajstić information content (AvgIpc) is 2.88. The summed E-state index contributed by atoms with van der Waals surface area (Å²) in [4.78, 5) is 48.6. The van der Waals surface area contributed by atoms with Gasteiger partial charge in [0.15, 0.2) is 5.49 Å². The Morgan fingerprint density at radius 1 is 1.14 bits per heavy atom. The number of hydrogen-bond donors (Lipinski definition) is 0. The minimum atomic E-state index is -0.697. The summed E-state index contributed by atoms with van der Waals surface area (Å²) in [6.45, 7) is 6.37. The molecule has 0 atom stereocenters. The molecule has 1 amide bonds. The van der Waals surface area contributed by atoms with E-state index in [0.717, 1.165) is 0 Å². The Bertz CT molecular complexity index is 1590. The van der Waals surface area contributed by atoms with E-state index in [-0.39, 0.29) is 34.7 Å². The zero-order valence-electron chi connectivity index (χ0n) is 20.8. The van der Waals surface area contributed by atoms with E-state index in [1.54, 1.807) is 60.2 Å². The van der Waals surface area contributed by atoms with Crippen molar-refractivity contribution in [3.05, 3.63) is 86.7 Å². The zero-order valence-corrected chi connectivity index (χ0v) is 21.6. The first-order valence-electron chi connectivity index (χ1n) is 12.0. The minimum absolute atomic E-state index is 0.00350. The third-order valence-electron chi connectivity index (χ3n) is 5.56. The summed E-state index contributed by atoms with van der Waals surface area (Å²) in [5.41, 5.74) is 0.718. The maximum atomic E-state index is 13.4. The molecule has 37 heavy (non-hydrogen) atoms. The van der Waals surface area contributed by atoms with Crippen LogP contribution in [-0.2, 0) is 16.0 Å². The maximum absolute atomic E-state index is 13.4. The molecule has 3 heterocycles. The molecule has 3 aromatic heterocycles. The SMILES string of the molecule is CCOC(=O)c1cc2c(=O)n3ccccc3nc2n(CCCOC(C)C)c1=NC(=O)c1ccc(Cl)cc1. The van der Waals surface area contributed by atoms with Crippen LogP contribution in [0, 0.1) is 0 Å². The van der Waals surface area contributed by atoms with E-state index in [0.29, 0.717) is 41.5 Å². The highest BCUT2D eigenvalue weighted by Gasteiger charge is 2.20. The van der Waals surface area contributed by atoms with Gasteiger partial charge < -0.3 is 14.0 Å². The molecule has 0 N–H and O–H groups in total. The summed E-state index contributed by atoms with van der Waals surface area (Å²) in [6, 6.07) is 12.9. The molecule has 0 aliphatic rings. The third kappa shape index (κ3) is 5.79. The van der Waals surface area contributed by atoms with E-state index >= 15 is 0 Å². The molecule has 0 saturated carbocycles. The second-order valence-corrected chi connectivity index (χ2v) is 8.97. The van der Waals surface area contributed by atoms with Crippen LogP contribution in [0.4, 0.5) is 0 Å². The van der Waals surface area contributed by atoms with Gasteiger partial charge in [-0.15, -0.1) is 0 Å². The van der Waals surface area contributed by atoms with E-state index in [1.807, 2.05) is 13.8 Å². The van der Waals surface area contributed by atoms with Gasteiger partial charge >= 0.3 is 5.97 Å². The van der Waals surface area contributed by atoms with Gasteiger partial charge in [-0.2, -0.15) is 4.99 Å². The first kappa shape index (κ1) is 26.2. The van der Waals surface area contributed by atoms with Gasteiger partial charge in [-0.1, -0.05) is 17.7 Å². The number of esters is 1. The lowest BCUT2D eigenvalue weighted by Crippen LogP contribution is -2.33. The Hall–Kier alpha value is -3.82. The first-order valence-corrected chi connectivity index (χ1v) is 12.4. The standard InChI is InChI=1S/C27H27ClN4O5/c1-4-36-27(35)21-16-20-23(29-22-8-5-6-13-31(22)26(20)34)32(14-7-15-37-17(2)3)24(21)30-25(33)18-9-11-19(28)12-10-18/h5-6,8-13,16-17H,4,7,14-15H2,1-3H3. The zero-order chi connectivity index (χ0) is 26.5. The summed E-state index contributed by atoms with van der Waals surface area (Å²) in [5.74, 6) is -1.27. The molecule has 0 aliphatic carbocycles. The molecule has 0 bridgehead atoms. The Kier molecular flexibility index (Phi) is 8.15. The maximum Gasteiger partial charge on any atom is 0.341 e. The summed E-state index contributed by atoms with van der Waals surface area (Å²) >= 11 is 5.97. The van der Waals surface area contributed by atoms with Crippen molar-refractivity contribution in [1.29, 1.82) is 0 Å². The molecule has 0 aliphatic heterocycles. The van der Waals surface area contributed by atoms with Crippen LogP contribution < -0.4 is 11.0 Å². The molecule has 10 heteroatoms. The molecule has 4 rings (SSSR count). The monoisotopic (exact) mass is 522 g/mol. The number of carbonyl (C=O) groups is 2. The van der Waals surface area contributed by atoms with Crippen LogP contribution in [0.2, 0.25) is 5.02 Å². The van der Waals surface area contributed by atoms with Crippen molar-refractivity contribution in [3.8, 4) is 0 Å². The molecule has 0 fully saturated rings. The summed E-state index contributed by atoms with van der Waals surface area (Å²) in [7, 11) is 0. The average molecular weight is 523 g/mol. The van der Waals surface area contributed by atoms with Crippen LogP contribution in [-0.4, -0.2) is 45.1 Å². The molecular formula is C27H27ClN4O5. The predicted molar refractivity (Wildman–Crippen MR) is 140 cm³/mol. The number of benzene rings is 1. The molecule has 4 aromatic rings. The number of nitrogens with zero attached hydrogens (tertiary/aromatic N) is 4. The number of carbonyl (C=O) groups excluding carboxylic acids is 2. The second kappa shape index (κ2) is 11.5. The number of hydrogen-bond acceptors (Lipinski definition) is 6. The van der Waals surface area contributed by atoms with Crippen molar-refractivity contribution >= 4 is 40.2 Å². The number of rotatable bonds is 8. The van der Waals surface area contributed by atoms with Gasteiger partial charge in [0.05, 0.1) is 18.1 Å². The van der Waals surface area contributed by atoms with E-state index in [2.05, 4.69) is 4.99 Å². The number of aromatic nitrogens is 3. The molecule has 1 aromatic carbocycles. The normalized spacial score (nSPS) is 12.0. The minimum Gasteiger partial charge on any atom is -0.462 e. The van der Waals surface area contributed by atoms with Gasteiger partial charge in [0.2, 0.25) is 0 Å². The fraction of sp³-hybridized carbons (Fsp3) is 0.296. The number of pyridine rings is 2. The van der Waals surface area contributed by atoms with Crippen LogP contribution in [0.1, 0.15) is 47.9 Å². The number of amides is 1. The fourth-order valence-corrected chi connectivity index (χ4v) is 3.99. The summed E-state index contributed by atoms with van der Waals surface area (Å²) in [6.07, 6.45) is 2.17. The van der Waals surface area contributed by atoms with E-state index in [9.17, 15) is 14.4 Å². The van der Waals surface area contributed by atoms with Crippen molar-refractivity contribution in [2.45, 2.75) is 39.8 Å². The molecule has 0 saturated heterocycles. The highest BCUT2D eigenvalue weighted by atomic mass is 35.5. The number of ether oxygens (including phenoxy) is 2. The highest BCUT2D eigenvalue weighted by molar-refractivity contribution is 6.30. The van der Waals surface area contributed by atoms with E-state index < -0.39 is 11.9 Å². The molecule has 9 nitrogen and oxygen atoms in total. The number of fused-ring (bicyclic) bond motifs is 2. The Balaban J connectivity index is 2.02. The molecule has 0 unspecified atom stereocenters. The lowest BCUT2D eigenvalue weighted by Gasteiger charge is -2.15. The third-order valence-corrected chi connectivity index (χ3v) is 5.81. The second-order valence-electron chi connectivity index (χ2n) is 8.53. The Labute approximate surface area is 218 Å². The highest BCUT2D eigenvalue weighted by Crippen LogP contribution is 2.14. The van der Waals surface area contributed by atoms with Crippen molar-refractivity contribution in [2.75, 3.05) is 13.2 Å². The molecule has 192 valence electrons. The number of aryl methyl sites for hydroxylation is 1. The summed E-state index contributed by atoms with van der Waals surface area (Å²) < 4.78 is 14.0. The molecule has 0 radical (unpaired) electrons. The quantitative estimate of drug-likeness (QED) is 0.196. The van der Waals surface area contributed by atoms with Gasteiger partial charge in [0.1, 0.15) is 16.9 Å². The van der Waals surface area contributed by atoms with Gasteiger partial charge in [-0.25, -0.2) is 9.78 Å². The largest absolute Gasteiger partial charge is 0.462 e. The van der Waals surface area contributed by atoms with Gasteiger partial charge in [0.25, 0.3) is 11.5 Å². The lowest BCUT2D eigenvalue weighted by molar-refractivity contribution is 0.0523. The van der Waals surface area contributed by atoms with Crippen LogP contribution in [0.5, 0.6) is 0 Å². The van der Waals surface area contributed by atoms with Gasteiger partial charge in [0, 0.05) is 29.9 Å². The lowest BCUT2D eigenvalue weighted by atomic mass is 10.2. The Morgan fingerprint density at radius 2 is 1.89 bits per heavy atom. The van der Waals surface area contributed by atoms with Crippen LogP contribution >= 0.6 is 11.6 Å². The van der Waals surface area contributed by atoms with E-state index in [4.69, 9.17) is 26.1 Å². The molecule has 0 spiro atoms. The van der Waals surface area contributed by atoms with Crippen molar-refractivity contribution in [1.82, 2.24) is 14.0 Å². The van der Waals surface area contributed by atoms with Crippen LogP contribution in [0.25, 0.3) is 16.7 Å². The van der Waals surface area contributed by atoms with Crippen molar-refractivity contribution < 1.29 is 19.1 Å².